The first-order valence-electron chi connectivity index (χ1n) is 3.77. The lowest BCUT2D eigenvalue weighted by molar-refractivity contribution is 0.584. The Hall–Kier alpha value is -0.820. The minimum atomic E-state index is 0.201. The average molecular weight is 180 g/mol. The van der Waals surface area contributed by atoms with Crippen molar-refractivity contribution >= 4 is 11.3 Å². The van der Waals surface area contributed by atoms with Gasteiger partial charge in [-0.1, -0.05) is 5.92 Å². The first-order valence-corrected chi connectivity index (χ1v) is 4.71. The molecule has 12 heavy (non-hydrogen) atoms. The summed E-state index contributed by atoms with van der Waals surface area (Å²) in [5.41, 5.74) is 6.80. The highest BCUT2D eigenvalue weighted by atomic mass is 32.1. The molecule has 1 heterocycles. The van der Waals surface area contributed by atoms with E-state index in [1.165, 1.54) is 5.56 Å². The third-order valence-electron chi connectivity index (χ3n) is 1.63. The first-order chi connectivity index (χ1) is 5.88. The van der Waals surface area contributed by atoms with Crippen molar-refractivity contribution in [1.29, 1.82) is 0 Å². The van der Waals surface area contributed by atoms with E-state index in [4.69, 9.17) is 12.2 Å². The van der Waals surface area contributed by atoms with Crippen LogP contribution in [-0.4, -0.2) is 13.1 Å². The van der Waals surface area contributed by atoms with Crippen LogP contribution in [0.4, 0.5) is 0 Å². The number of nitrogens with two attached hydrogens (primary N) is 1. The molecule has 64 valence electrons. The van der Waals surface area contributed by atoms with Crippen molar-refractivity contribution in [3.05, 3.63) is 22.4 Å². The second-order valence-corrected chi connectivity index (χ2v) is 3.21. The Morgan fingerprint density at radius 1 is 1.75 bits per heavy atom. The van der Waals surface area contributed by atoms with Gasteiger partial charge in [-0.2, -0.15) is 11.3 Å². The van der Waals surface area contributed by atoms with Gasteiger partial charge in [-0.05, 0) is 22.4 Å². The summed E-state index contributed by atoms with van der Waals surface area (Å²) in [7, 11) is 0. The molecule has 2 nitrogen and oxygen atoms in total. The van der Waals surface area contributed by atoms with Gasteiger partial charge >= 0.3 is 0 Å². The summed E-state index contributed by atoms with van der Waals surface area (Å²) in [6.45, 7) is 1.15. The smallest absolute Gasteiger partial charge is 0.0578 e. The number of hydrogen-bond acceptors (Lipinski definition) is 3. The molecule has 0 amide bonds. The monoisotopic (exact) mass is 180 g/mol. The van der Waals surface area contributed by atoms with E-state index in [1.54, 1.807) is 11.3 Å². The normalized spacial score (nSPS) is 12.3. The minimum Gasteiger partial charge on any atom is -0.329 e. The lowest BCUT2D eigenvalue weighted by Gasteiger charge is -2.12. The molecule has 3 N–H and O–H groups in total. The maximum absolute atomic E-state index is 5.58. The van der Waals surface area contributed by atoms with Gasteiger partial charge in [-0.25, -0.2) is 0 Å². The largest absolute Gasteiger partial charge is 0.329 e. The summed E-state index contributed by atoms with van der Waals surface area (Å²) in [6.07, 6.45) is 5.13. The van der Waals surface area contributed by atoms with Gasteiger partial charge in [0.2, 0.25) is 0 Å². The van der Waals surface area contributed by atoms with Gasteiger partial charge in [0, 0.05) is 12.6 Å². The first kappa shape index (κ1) is 9.27. The molecule has 1 atom stereocenters. The van der Waals surface area contributed by atoms with Crippen LogP contribution >= 0.6 is 11.3 Å². The maximum atomic E-state index is 5.58. The molecule has 0 saturated heterocycles. The zero-order valence-corrected chi connectivity index (χ0v) is 7.60. The van der Waals surface area contributed by atoms with Crippen LogP contribution in [0.5, 0.6) is 0 Å². The van der Waals surface area contributed by atoms with Crippen LogP contribution in [0.25, 0.3) is 0 Å². The lowest BCUT2D eigenvalue weighted by Crippen LogP contribution is -2.27. The van der Waals surface area contributed by atoms with Crippen LogP contribution in [0.2, 0.25) is 0 Å². The molecule has 3 heteroatoms. The second kappa shape index (κ2) is 4.94. The van der Waals surface area contributed by atoms with E-state index in [1.807, 2.05) is 5.38 Å². The minimum absolute atomic E-state index is 0.201. The van der Waals surface area contributed by atoms with Crippen LogP contribution in [0.1, 0.15) is 11.6 Å². The van der Waals surface area contributed by atoms with Gasteiger partial charge in [0.15, 0.2) is 0 Å². The van der Waals surface area contributed by atoms with Gasteiger partial charge in [0.1, 0.15) is 0 Å². The predicted octanol–water partition coefficient (Wildman–Crippen LogP) is 0.971. The molecule has 0 aliphatic heterocycles. The molecular formula is C9H12N2S. The molecule has 0 aliphatic rings. The summed E-state index contributed by atoms with van der Waals surface area (Å²) >= 11 is 1.67. The molecule has 1 aromatic heterocycles. The fourth-order valence-corrected chi connectivity index (χ4v) is 1.71. The molecular weight excluding hydrogens is 168 g/mol. The van der Waals surface area contributed by atoms with Crippen molar-refractivity contribution in [3.8, 4) is 12.3 Å². The summed E-state index contributed by atoms with van der Waals surface area (Å²) in [4.78, 5) is 0. The van der Waals surface area contributed by atoms with E-state index in [2.05, 4.69) is 22.7 Å². The van der Waals surface area contributed by atoms with Crippen LogP contribution in [-0.2, 0) is 0 Å². The molecule has 0 aliphatic carbocycles. The SMILES string of the molecule is C#CCNC(CN)c1ccsc1. The van der Waals surface area contributed by atoms with E-state index in [0.717, 1.165) is 0 Å². The number of rotatable bonds is 4. The predicted molar refractivity (Wildman–Crippen MR) is 53.0 cm³/mol. The molecule has 1 aromatic rings. The molecule has 1 rings (SSSR count). The number of thiophene rings is 1. The van der Waals surface area contributed by atoms with Crippen molar-refractivity contribution in [2.45, 2.75) is 6.04 Å². The molecule has 0 aromatic carbocycles. The Bertz CT molecular complexity index is 248. The van der Waals surface area contributed by atoms with Gasteiger partial charge in [0.05, 0.1) is 6.54 Å². The Labute approximate surface area is 76.8 Å². The van der Waals surface area contributed by atoms with Crippen LogP contribution in [0, 0.1) is 12.3 Å². The Morgan fingerprint density at radius 2 is 2.58 bits per heavy atom. The lowest BCUT2D eigenvalue weighted by atomic mass is 10.1. The fraction of sp³-hybridized carbons (Fsp3) is 0.333. The van der Waals surface area contributed by atoms with E-state index in [0.29, 0.717) is 13.1 Å². The van der Waals surface area contributed by atoms with E-state index < -0.39 is 0 Å². The Kier molecular flexibility index (Phi) is 3.81. The number of terminal acetylenes is 1. The highest BCUT2D eigenvalue weighted by Crippen LogP contribution is 2.14. The van der Waals surface area contributed by atoms with E-state index in [-0.39, 0.29) is 6.04 Å². The zero-order chi connectivity index (χ0) is 8.81. The topological polar surface area (TPSA) is 38.0 Å². The molecule has 1 unspecified atom stereocenters. The Morgan fingerprint density at radius 3 is 3.08 bits per heavy atom. The van der Waals surface area contributed by atoms with Crippen molar-refractivity contribution < 1.29 is 0 Å². The zero-order valence-electron chi connectivity index (χ0n) is 6.79. The molecule has 0 spiro atoms. The van der Waals surface area contributed by atoms with E-state index in [9.17, 15) is 0 Å². The summed E-state index contributed by atoms with van der Waals surface area (Å²) in [5, 5.41) is 7.29. The third-order valence-corrected chi connectivity index (χ3v) is 2.33. The maximum Gasteiger partial charge on any atom is 0.0578 e. The second-order valence-electron chi connectivity index (χ2n) is 2.43. The number of hydrogen-bond donors (Lipinski definition) is 2. The quantitative estimate of drug-likeness (QED) is 0.678. The molecule has 0 fully saturated rings. The van der Waals surface area contributed by atoms with Crippen molar-refractivity contribution in [2.75, 3.05) is 13.1 Å². The summed E-state index contributed by atoms with van der Waals surface area (Å²) < 4.78 is 0. The fourth-order valence-electron chi connectivity index (χ4n) is 0.993. The van der Waals surface area contributed by atoms with Gasteiger partial charge < -0.3 is 5.73 Å². The molecule has 0 saturated carbocycles. The molecule has 0 bridgehead atoms. The standard InChI is InChI=1S/C9H12N2S/c1-2-4-11-9(6-10)8-3-5-12-7-8/h1,3,5,7,9,11H,4,6,10H2. The van der Waals surface area contributed by atoms with Crippen LogP contribution in [0.15, 0.2) is 16.8 Å². The van der Waals surface area contributed by atoms with Gasteiger partial charge in [-0.3, -0.25) is 5.32 Å². The van der Waals surface area contributed by atoms with Gasteiger partial charge in [0.25, 0.3) is 0 Å². The Balaban J connectivity index is 2.52. The van der Waals surface area contributed by atoms with Crippen molar-refractivity contribution in [2.24, 2.45) is 5.73 Å². The number of nitrogens with one attached hydrogen (secondary N) is 1. The van der Waals surface area contributed by atoms with Crippen LogP contribution in [0.3, 0.4) is 0 Å². The highest BCUT2D eigenvalue weighted by Gasteiger charge is 2.07. The van der Waals surface area contributed by atoms with Crippen molar-refractivity contribution in [1.82, 2.24) is 5.32 Å². The average Bonchev–Trinajstić information content (AvgIpc) is 2.59. The van der Waals surface area contributed by atoms with Crippen LogP contribution < -0.4 is 11.1 Å². The van der Waals surface area contributed by atoms with E-state index >= 15 is 0 Å². The van der Waals surface area contributed by atoms with Crippen molar-refractivity contribution in [3.63, 3.8) is 0 Å². The summed E-state index contributed by atoms with van der Waals surface area (Å²) in [6, 6.07) is 2.26. The highest BCUT2D eigenvalue weighted by molar-refractivity contribution is 7.07. The van der Waals surface area contributed by atoms with Gasteiger partial charge in [-0.15, -0.1) is 6.42 Å². The third kappa shape index (κ3) is 2.35. The summed E-state index contributed by atoms with van der Waals surface area (Å²) in [5.74, 6) is 2.53. The molecule has 0 radical (unpaired) electrons.